The van der Waals surface area contributed by atoms with Crippen LogP contribution in [0.1, 0.15) is 18.1 Å². The molecule has 1 saturated heterocycles. The molecule has 0 saturated carbocycles. The third kappa shape index (κ3) is 6.69. The van der Waals surface area contributed by atoms with E-state index < -0.39 is 10.1 Å². The highest BCUT2D eigenvalue weighted by atomic mass is 79.9. The highest BCUT2D eigenvalue weighted by molar-refractivity contribution is 9.10. The van der Waals surface area contributed by atoms with E-state index >= 15 is 0 Å². The monoisotopic (exact) mass is 640 g/mol. The predicted octanol–water partition coefficient (Wildman–Crippen LogP) is 7.12. The summed E-state index contributed by atoms with van der Waals surface area (Å²) in [7, 11) is -4.11. The van der Waals surface area contributed by atoms with Crippen LogP contribution in [0, 0.1) is 6.92 Å². The van der Waals surface area contributed by atoms with E-state index in [4.69, 9.17) is 32.1 Å². The number of halogens is 3. The van der Waals surface area contributed by atoms with Crippen molar-refractivity contribution in [1.29, 1.82) is 0 Å². The van der Waals surface area contributed by atoms with Crippen LogP contribution >= 0.6 is 50.9 Å². The number of aliphatic imine (C=N–C) groups is 1. The van der Waals surface area contributed by atoms with Crippen molar-refractivity contribution >= 4 is 83.9 Å². The zero-order valence-electron chi connectivity index (χ0n) is 19.4. The van der Waals surface area contributed by atoms with E-state index in [0.29, 0.717) is 35.8 Å². The Morgan fingerprint density at radius 3 is 2.54 bits per heavy atom. The first kappa shape index (κ1) is 27.5. The molecule has 4 rings (SSSR count). The highest BCUT2D eigenvalue weighted by Crippen LogP contribution is 2.40. The van der Waals surface area contributed by atoms with Gasteiger partial charge in [0.1, 0.15) is 4.90 Å². The minimum atomic E-state index is -4.11. The second-order valence-corrected chi connectivity index (χ2v) is 12.0. The number of amides is 1. The van der Waals surface area contributed by atoms with Gasteiger partial charge in [-0.25, -0.2) is 4.99 Å². The molecule has 0 spiro atoms. The summed E-state index contributed by atoms with van der Waals surface area (Å²) in [6, 6.07) is 14.4. The Morgan fingerprint density at radius 1 is 1.11 bits per heavy atom. The van der Waals surface area contributed by atoms with Crippen molar-refractivity contribution in [2.75, 3.05) is 6.61 Å². The summed E-state index contributed by atoms with van der Waals surface area (Å²) < 4.78 is 37.2. The van der Waals surface area contributed by atoms with Crippen LogP contribution in [-0.2, 0) is 14.9 Å². The molecule has 3 aromatic carbocycles. The van der Waals surface area contributed by atoms with E-state index in [2.05, 4.69) is 26.2 Å². The average Bonchev–Trinajstić information content (AvgIpc) is 3.17. The van der Waals surface area contributed by atoms with Gasteiger partial charge in [0, 0.05) is 5.02 Å². The van der Waals surface area contributed by atoms with Gasteiger partial charge >= 0.3 is 10.1 Å². The Bertz CT molecular complexity index is 1540. The van der Waals surface area contributed by atoms with E-state index in [1.807, 2.05) is 6.92 Å². The number of nitrogens with zero attached hydrogens (tertiary/aromatic N) is 1. The van der Waals surface area contributed by atoms with Gasteiger partial charge in [-0.05, 0) is 95.6 Å². The molecule has 1 N–H and O–H groups in total. The van der Waals surface area contributed by atoms with Gasteiger partial charge in [0.05, 0.1) is 26.7 Å². The van der Waals surface area contributed by atoms with Gasteiger partial charge in [0.15, 0.2) is 16.7 Å². The third-order valence-electron chi connectivity index (χ3n) is 4.91. The van der Waals surface area contributed by atoms with Crippen LogP contribution in [-0.4, -0.2) is 26.1 Å². The largest absolute Gasteiger partial charge is 0.490 e. The Morgan fingerprint density at radius 2 is 1.84 bits per heavy atom. The van der Waals surface area contributed by atoms with Crippen molar-refractivity contribution in [2.45, 2.75) is 18.7 Å². The van der Waals surface area contributed by atoms with Crippen LogP contribution in [0.25, 0.3) is 6.08 Å². The molecule has 0 unspecified atom stereocenters. The van der Waals surface area contributed by atoms with Gasteiger partial charge < -0.3 is 14.2 Å². The molecule has 1 heterocycles. The van der Waals surface area contributed by atoms with Crippen molar-refractivity contribution in [1.82, 2.24) is 5.32 Å². The minimum Gasteiger partial charge on any atom is -0.490 e. The van der Waals surface area contributed by atoms with E-state index in [1.54, 1.807) is 55.5 Å². The molecule has 0 atom stereocenters. The molecule has 1 amide bonds. The maximum Gasteiger partial charge on any atom is 0.339 e. The van der Waals surface area contributed by atoms with E-state index in [1.165, 1.54) is 12.1 Å². The number of thioether (sulfide) groups is 1. The normalized spacial score (nSPS) is 15.8. The quantitative estimate of drug-likeness (QED) is 0.218. The van der Waals surface area contributed by atoms with Crippen molar-refractivity contribution < 1.29 is 22.1 Å². The highest BCUT2D eigenvalue weighted by Gasteiger charge is 2.26. The Balaban J connectivity index is 1.63. The number of hydrogen-bond acceptors (Lipinski definition) is 7. The van der Waals surface area contributed by atoms with Crippen LogP contribution in [0.4, 0.5) is 5.69 Å². The summed E-state index contributed by atoms with van der Waals surface area (Å²) in [5.74, 6) is -0.147. The lowest BCUT2D eigenvalue weighted by Crippen LogP contribution is -2.19. The zero-order valence-corrected chi connectivity index (χ0v) is 24.2. The van der Waals surface area contributed by atoms with Crippen molar-refractivity contribution in [2.24, 2.45) is 4.99 Å². The molecular weight excluding hydrogens is 623 g/mol. The summed E-state index contributed by atoms with van der Waals surface area (Å²) in [4.78, 5) is 17.3. The number of carbonyl (C=O) groups excluding carboxylic acids is 1. The molecule has 7 nitrogen and oxygen atoms in total. The summed E-state index contributed by atoms with van der Waals surface area (Å²) in [5, 5.41) is 3.90. The Hall–Kier alpha value is -2.50. The lowest BCUT2D eigenvalue weighted by Gasteiger charge is -2.14. The number of rotatable bonds is 7. The lowest BCUT2D eigenvalue weighted by molar-refractivity contribution is -0.115. The van der Waals surface area contributed by atoms with Gasteiger partial charge in [-0.3, -0.25) is 4.79 Å². The summed E-state index contributed by atoms with van der Waals surface area (Å²) >= 11 is 16.7. The SMILES string of the molecule is CCOc1cc(/C=C2/SC(=Nc3cc(Cl)ccc3Cl)NC2=O)cc(Br)c1OS(=O)(=O)c1ccc(C)cc1. The molecule has 192 valence electrons. The van der Waals surface area contributed by atoms with Crippen LogP contribution < -0.4 is 14.2 Å². The number of benzene rings is 3. The number of hydrogen-bond donors (Lipinski definition) is 1. The minimum absolute atomic E-state index is 0.00551. The second-order valence-electron chi connectivity index (χ2n) is 7.69. The van der Waals surface area contributed by atoms with Gasteiger partial charge in [-0.1, -0.05) is 40.9 Å². The first-order valence-electron chi connectivity index (χ1n) is 10.8. The van der Waals surface area contributed by atoms with E-state index in [-0.39, 0.29) is 28.9 Å². The number of carbonyl (C=O) groups is 1. The van der Waals surface area contributed by atoms with Crippen LogP contribution in [0.2, 0.25) is 10.0 Å². The Kier molecular flexibility index (Phi) is 8.55. The fraction of sp³-hybridized carbons (Fsp3) is 0.120. The summed E-state index contributed by atoms with van der Waals surface area (Å²) in [6.07, 6.45) is 1.63. The average molecular weight is 642 g/mol. The molecule has 0 aliphatic carbocycles. The zero-order chi connectivity index (χ0) is 26.7. The van der Waals surface area contributed by atoms with Gasteiger partial charge in [-0.2, -0.15) is 8.42 Å². The standard InChI is InChI=1S/C25H19BrCl2N2O5S2/c1-3-34-21-11-15(10-18(26)23(21)35-37(32,33)17-7-4-14(2)5-8-17)12-22-24(31)30-25(36-22)29-20-13-16(27)6-9-19(20)28/h4-13H,3H2,1-2H3,(H,29,30,31)/b22-12+. The smallest absolute Gasteiger partial charge is 0.339 e. The van der Waals surface area contributed by atoms with Gasteiger partial charge in [-0.15, -0.1) is 0 Å². The molecule has 0 aromatic heterocycles. The third-order valence-corrected chi connectivity index (χ3v) is 8.20. The Labute approximate surface area is 237 Å². The van der Waals surface area contributed by atoms with Crippen LogP contribution in [0.15, 0.2) is 73.9 Å². The first-order valence-corrected chi connectivity index (χ1v) is 14.5. The number of aryl methyl sites for hydroxylation is 1. The van der Waals surface area contributed by atoms with Crippen molar-refractivity contribution in [3.05, 3.63) is 85.1 Å². The van der Waals surface area contributed by atoms with E-state index in [0.717, 1.165) is 17.3 Å². The topological polar surface area (TPSA) is 94.1 Å². The fourth-order valence-electron chi connectivity index (χ4n) is 3.19. The number of amidine groups is 1. The predicted molar refractivity (Wildman–Crippen MR) is 152 cm³/mol. The maximum atomic E-state index is 12.9. The molecule has 1 aliphatic heterocycles. The van der Waals surface area contributed by atoms with Crippen molar-refractivity contribution in [3.63, 3.8) is 0 Å². The van der Waals surface area contributed by atoms with Crippen LogP contribution in [0.3, 0.4) is 0 Å². The number of nitrogens with one attached hydrogen (secondary N) is 1. The molecule has 1 aliphatic rings. The summed E-state index contributed by atoms with van der Waals surface area (Å²) in [6.45, 7) is 3.89. The molecule has 1 fully saturated rings. The van der Waals surface area contributed by atoms with E-state index in [9.17, 15) is 13.2 Å². The molecule has 0 bridgehead atoms. The molecule has 3 aromatic rings. The molecule has 12 heteroatoms. The molecule has 37 heavy (non-hydrogen) atoms. The van der Waals surface area contributed by atoms with Crippen molar-refractivity contribution in [3.8, 4) is 11.5 Å². The van der Waals surface area contributed by atoms with Gasteiger partial charge in [0.2, 0.25) is 0 Å². The van der Waals surface area contributed by atoms with Gasteiger partial charge in [0.25, 0.3) is 5.91 Å². The second kappa shape index (κ2) is 11.5. The summed E-state index contributed by atoms with van der Waals surface area (Å²) in [5.41, 5.74) is 1.93. The lowest BCUT2D eigenvalue weighted by atomic mass is 10.2. The molecular formula is C25H19BrCl2N2O5S2. The maximum absolute atomic E-state index is 12.9. The molecule has 0 radical (unpaired) electrons. The number of ether oxygens (including phenoxy) is 1. The first-order chi connectivity index (χ1) is 17.6. The van der Waals surface area contributed by atoms with Crippen LogP contribution in [0.5, 0.6) is 11.5 Å². The fourth-order valence-corrected chi connectivity index (χ4v) is 5.96.